The highest BCUT2D eigenvalue weighted by molar-refractivity contribution is 9.10. The number of piperidine rings is 1. The summed E-state index contributed by atoms with van der Waals surface area (Å²) in [5.74, 6) is 0.215. The van der Waals surface area contributed by atoms with Crippen molar-refractivity contribution in [2.24, 2.45) is 11.8 Å². The summed E-state index contributed by atoms with van der Waals surface area (Å²) in [5.41, 5.74) is 2.61. The van der Waals surface area contributed by atoms with Crippen molar-refractivity contribution >= 4 is 27.6 Å². The molecule has 1 aliphatic carbocycles. The lowest BCUT2D eigenvalue weighted by Gasteiger charge is -2.27. The predicted octanol–water partition coefficient (Wildman–Crippen LogP) is 2.04. The second kappa shape index (κ2) is 4.70. The summed E-state index contributed by atoms with van der Waals surface area (Å²) in [5, 5.41) is 19.2. The number of aliphatic carboxylic acids is 1. The molecule has 1 saturated heterocycles. The Kier molecular flexibility index (Phi) is 3.25. The van der Waals surface area contributed by atoms with Crippen LogP contribution in [0.2, 0.25) is 0 Å². The van der Waals surface area contributed by atoms with Crippen LogP contribution in [0, 0.1) is 25.7 Å². The number of hydrogen-bond acceptors (Lipinski definition) is 4. The first-order valence-electron chi connectivity index (χ1n) is 6.72. The van der Waals surface area contributed by atoms with E-state index in [1.165, 1.54) is 6.42 Å². The summed E-state index contributed by atoms with van der Waals surface area (Å²) in [4.78, 5) is 17.7. The van der Waals surface area contributed by atoms with Crippen LogP contribution in [0.4, 0.5) is 5.69 Å². The number of fused-ring (bicyclic) bond motifs is 1. The standard InChI is InChI=1S/C14H17BrN2O3/c1-6-10(13(18)14(19)20)12(11(15)7(2)16-6)17-4-8-3-9(8)5-17/h8-9,13,18H,3-5H2,1-2H3,(H,19,20). The molecule has 0 aromatic carbocycles. The summed E-state index contributed by atoms with van der Waals surface area (Å²) < 4.78 is 0.791. The zero-order valence-electron chi connectivity index (χ0n) is 11.4. The van der Waals surface area contributed by atoms with E-state index in [1.54, 1.807) is 6.92 Å². The third kappa shape index (κ3) is 2.11. The van der Waals surface area contributed by atoms with Gasteiger partial charge in [-0.25, -0.2) is 4.79 Å². The normalized spacial score (nSPS) is 25.5. The molecule has 1 aromatic heterocycles. The highest BCUT2D eigenvalue weighted by Crippen LogP contribution is 2.49. The number of hydrogen-bond donors (Lipinski definition) is 2. The van der Waals surface area contributed by atoms with Gasteiger partial charge in [0.25, 0.3) is 0 Å². The second-order valence-electron chi connectivity index (χ2n) is 5.76. The first-order chi connectivity index (χ1) is 9.40. The van der Waals surface area contributed by atoms with Gasteiger partial charge in [0.15, 0.2) is 6.10 Å². The average molecular weight is 341 g/mol. The Balaban J connectivity index is 2.11. The zero-order valence-corrected chi connectivity index (χ0v) is 13.0. The lowest BCUT2D eigenvalue weighted by Crippen LogP contribution is -2.27. The molecule has 3 atom stereocenters. The SMILES string of the molecule is Cc1nc(C)c(C(O)C(=O)O)c(N2CC3CC3C2)c1Br. The van der Waals surface area contributed by atoms with Gasteiger partial charge < -0.3 is 15.1 Å². The van der Waals surface area contributed by atoms with Crippen molar-refractivity contribution in [3.63, 3.8) is 0 Å². The molecule has 0 bridgehead atoms. The van der Waals surface area contributed by atoms with Gasteiger partial charge in [0.2, 0.25) is 0 Å². The quantitative estimate of drug-likeness (QED) is 0.880. The summed E-state index contributed by atoms with van der Waals surface area (Å²) in [6.45, 7) is 5.51. The van der Waals surface area contributed by atoms with Crippen LogP contribution >= 0.6 is 15.9 Å². The van der Waals surface area contributed by atoms with E-state index in [4.69, 9.17) is 5.11 Å². The van der Waals surface area contributed by atoms with Gasteiger partial charge in [-0.05, 0) is 48.0 Å². The molecule has 0 radical (unpaired) electrons. The van der Waals surface area contributed by atoms with Gasteiger partial charge in [-0.2, -0.15) is 0 Å². The Hall–Kier alpha value is -1.14. The van der Waals surface area contributed by atoms with Crippen LogP contribution in [0.15, 0.2) is 4.47 Å². The van der Waals surface area contributed by atoms with Crippen molar-refractivity contribution in [2.75, 3.05) is 18.0 Å². The highest BCUT2D eigenvalue weighted by Gasteiger charge is 2.46. The van der Waals surface area contributed by atoms with Gasteiger partial charge in [0, 0.05) is 24.3 Å². The zero-order chi connectivity index (χ0) is 14.6. The Morgan fingerprint density at radius 2 is 1.95 bits per heavy atom. The van der Waals surface area contributed by atoms with Crippen LogP contribution in [-0.4, -0.2) is 34.3 Å². The molecule has 2 heterocycles. The van der Waals surface area contributed by atoms with E-state index in [0.717, 1.165) is 40.8 Å². The van der Waals surface area contributed by atoms with Gasteiger partial charge >= 0.3 is 5.97 Å². The summed E-state index contributed by atoms with van der Waals surface area (Å²) in [6, 6.07) is 0. The van der Waals surface area contributed by atoms with Crippen LogP contribution in [0.3, 0.4) is 0 Å². The number of pyridine rings is 1. The predicted molar refractivity (Wildman–Crippen MR) is 77.8 cm³/mol. The summed E-state index contributed by atoms with van der Waals surface area (Å²) in [7, 11) is 0. The number of aliphatic hydroxyl groups excluding tert-OH is 1. The number of nitrogens with zero attached hydrogens (tertiary/aromatic N) is 2. The van der Waals surface area contributed by atoms with Crippen LogP contribution in [0.1, 0.15) is 29.5 Å². The number of carboxylic acid groups (broad SMARTS) is 1. The van der Waals surface area contributed by atoms with E-state index in [0.29, 0.717) is 11.3 Å². The monoisotopic (exact) mass is 340 g/mol. The largest absolute Gasteiger partial charge is 0.479 e. The van der Waals surface area contributed by atoms with E-state index >= 15 is 0 Å². The van der Waals surface area contributed by atoms with E-state index < -0.39 is 12.1 Å². The Bertz CT molecular complexity index is 580. The molecule has 5 nitrogen and oxygen atoms in total. The fourth-order valence-electron chi connectivity index (χ4n) is 3.16. The molecule has 3 unspecified atom stereocenters. The molecular weight excluding hydrogens is 324 g/mol. The average Bonchev–Trinajstić information content (AvgIpc) is 2.99. The van der Waals surface area contributed by atoms with Crippen molar-refractivity contribution in [3.8, 4) is 0 Å². The molecule has 1 aromatic rings. The van der Waals surface area contributed by atoms with Crippen LogP contribution in [0.25, 0.3) is 0 Å². The molecule has 3 rings (SSSR count). The van der Waals surface area contributed by atoms with Gasteiger partial charge in [0.05, 0.1) is 15.9 Å². The first kappa shape index (κ1) is 13.8. The Labute approximate surface area is 125 Å². The van der Waals surface area contributed by atoms with Gasteiger partial charge in [-0.1, -0.05) is 0 Å². The molecule has 1 saturated carbocycles. The minimum Gasteiger partial charge on any atom is -0.479 e. The van der Waals surface area contributed by atoms with Crippen molar-refractivity contribution in [2.45, 2.75) is 26.4 Å². The van der Waals surface area contributed by atoms with Crippen LogP contribution < -0.4 is 4.90 Å². The minimum atomic E-state index is -1.54. The van der Waals surface area contributed by atoms with Crippen LogP contribution in [0.5, 0.6) is 0 Å². The Morgan fingerprint density at radius 1 is 1.35 bits per heavy atom. The molecule has 2 aliphatic rings. The smallest absolute Gasteiger partial charge is 0.337 e. The van der Waals surface area contributed by atoms with E-state index in [1.807, 2.05) is 6.92 Å². The third-order valence-corrected chi connectivity index (χ3v) is 5.26. The minimum absolute atomic E-state index is 0.413. The van der Waals surface area contributed by atoms with Crippen molar-refractivity contribution in [1.29, 1.82) is 0 Å². The Morgan fingerprint density at radius 3 is 2.50 bits per heavy atom. The molecule has 0 spiro atoms. The number of aryl methyl sites for hydroxylation is 2. The summed E-state index contributed by atoms with van der Waals surface area (Å²) in [6.07, 6.45) is -0.264. The van der Waals surface area contributed by atoms with E-state index in [-0.39, 0.29) is 0 Å². The number of halogens is 1. The van der Waals surface area contributed by atoms with Crippen molar-refractivity contribution in [3.05, 3.63) is 21.4 Å². The highest BCUT2D eigenvalue weighted by atomic mass is 79.9. The summed E-state index contributed by atoms with van der Waals surface area (Å²) >= 11 is 3.52. The van der Waals surface area contributed by atoms with Gasteiger partial charge in [-0.3, -0.25) is 4.98 Å². The molecular formula is C14H17BrN2O3. The maximum atomic E-state index is 11.2. The number of anilines is 1. The lowest BCUT2D eigenvalue weighted by molar-refractivity contribution is -0.147. The number of rotatable bonds is 3. The number of aromatic nitrogens is 1. The van der Waals surface area contributed by atoms with Crippen molar-refractivity contribution in [1.82, 2.24) is 4.98 Å². The number of aliphatic hydroxyl groups is 1. The lowest BCUT2D eigenvalue weighted by atomic mass is 10.0. The maximum Gasteiger partial charge on any atom is 0.337 e. The molecule has 0 amide bonds. The van der Waals surface area contributed by atoms with E-state index in [2.05, 4.69) is 25.8 Å². The number of carboxylic acids is 1. The van der Waals surface area contributed by atoms with Crippen molar-refractivity contribution < 1.29 is 15.0 Å². The molecule has 20 heavy (non-hydrogen) atoms. The molecule has 108 valence electrons. The maximum absolute atomic E-state index is 11.2. The topological polar surface area (TPSA) is 73.7 Å². The van der Waals surface area contributed by atoms with Gasteiger partial charge in [-0.15, -0.1) is 0 Å². The molecule has 2 fully saturated rings. The van der Waals surface area contributed by atoms with Gasteiger partial charge in [0.1, 0.15) is 0 Å². The molecule has 2 N–H and O–H groups in total. The van der Waals surface area contributed by atoms with E-state index in [9.17, 15) is 9.90 Å². The molecule has 1 aliphatic heterocycles. The molecule has 6 heteroatoms. The van der Waals surface area contributed by atoms with Crippen LogP contribution in [-0.2, 0) is 4.79 Å². The fraction of sp³-hybridized carbons (Fsp3) is 0.571. The first-order valence-corrected chi connectivity index (χ1v) is 7.51. The number of carbonyl (C=O) groups is 1. The third-order valence-electron chi connectivity index (χ3n) is 4.31. The fourth-order valence-corrected chi connectivity index (χ4v) is 3.72. The second-order valence-corrected chi connectivity index (χ2v) is 6.55.